The second-order valence-electron chi connectivity index (χ2n) is 18.7. The highest BCUT2D eigenvalue weighted by Gasteiger charge is 2.34. The maximum Gasteiger partial charge on any atom is 0.104 e. The summed E-state index contributed by atoms with van der Waals surface area (Å²) in [4.78, 5) is 0. The molecule has 15 rings (SSSR count). The summed E-state index contributed by atoms with van der Waals surface area (Å²) in [6, 6.07) is 92.2. The van der Waals surface area contributed by atoms with Crippen LogP contribution in [0, 0.1) is 11.3 Å². The molecule has 4 aromatic heterocycles. The molecule has 11 aromatic carbocycles. The molecule has 0 saturated heterocycles. The van der Waals surface area contributed by atoms with E-state index in [1.807, 2.05) is 0 Å². The fourth-order valence-electron chi connectivity index (χ4n) is 12.1. The molecular formula is C67H41N5. The molecule has 0 radical (unpaired) electrons. The van der Waals surface area contributed by atoms with Crippen LogP contribution in [-0.4, -0.2) is 18.3 Å². The van der Waals surface area contributed by atoms with Crippen molar-refractivity contribution in [3.63, 3.8) is 0 Å². The lowest BCUT2D eigenvalue weighted by Crippen LogP contribution is -2.13. The number of aromatic nitrogens is 4. The van der Waals surface area contributed by atoms with E-state index in [0.29, 0.717) is 5.56 Å². The first-order valence-electron chi connectivity index (χ1n) is 24.5. The first-order valence-corrected chi connectivity index (χ1v) is 24.5. The van der Waals surface area contributed by atoms with E-state index < -0.39 is 0 Å². The molecule has 334 valence electrons. The predicted octanol–water partition coefficient (Wildman–Crippen LogP) is 17.3. The van der Waals surface area contributed by atoms with E-state index >= 15 is 0 Å². The first-order chi connectivity index (χ1) is 35.8. The molecule has 0 saturated carbocycles. The average Bonchev–Trinajstić information content (AvgIpc) is 4.18. The molecule has 0 unspecified atom stereocenters. The van der Waals surface area contributed by atoms with Crippen LogP contribution in [-0.2, 0) is 0 Å². The van der Waals surface area contributed by atoms with Crippen molar-refractivity contribution in [3.05, 3.63) is 254 Å². The summed E-state index contributed by atoms with van der Waals surface area (Å²) in [6.07, 6.45) is 0. The van der Waals surface area contributed by atoms with E-state index in [1.165, 1.54) is 5.39 Å². The molecule has 5 heteroatoms. The molecule has 0 atom stereocenters. The minimum absolute atomic E-state index is 0.568. The SMILES string of the molecule is N#Cc1c(-n2c3ccccc3c3ccccc32)c(-c2ccccc2)c(-n2c3ccccc3c3ccc4c5ccccc5n(-c5ccccc5)c4c32)c(-c2ccccc2)c1-n1c2ccccc2c2ccccc21. The number of nitrogens with zero attached hydrogens (tertiary/aromatic N) is 5. The Labute approximate surface area is 414 Å². The fourth-order valence-corrected chi connectivity index (χ4v) is 12.1. The predicted molar refractivity (Wildman–Crippen MR) is 299 cm³/mol. The van der Waals surface area contributed by atoms with Crippen LogP contribution in [0.2, 0.25) is 0 Å². The van der Waals surface area contributed by atoms with Gasteiger partial charge in [0.05, 0.1) is 61.2 Å². The van der Waals surface area contributed by atoms with Crippen LogP contribution in [0.3, 0.4) is 0 Å². The maximum absolute atomic E-state index is 12.5. The highest BCUT2D eigenvalue weighted by atomic mass is 15.1. The summed E-state index contributed by atoms with van der Waals surface area (Å²) >= 11 is 0. The Balaban J connectivity index is 1.30. The van der Waals surface area contributed by atoms with Crippen LogP contribution >= 0.6 is 0 Å². The topological polar surface area (TPSA) is 43.5 Å². The van der Waals surface area contributed by atoms with Gasteiger partial charge in [-0.25, -0.2) is 0 Å². The fraction of sp³-hybridized carbons (Fsp3) is 0. The molecule has 0 amide bonds. The number of hydrogen-bond donors (Lipinski definition) is 0. The van der Waals surface area contributed by atoms with Crippen molar-refractivity contribution in [2.45, 2.75) is 0 Å². The number of rotatable bonds is 6. The lowest BCUT2D eigenvalue weighted by molar-refractivity contribution is 1.09. The van der Waals surface area contributed by atoms with Gasteiger partial charge in [-0.15, -0.1) is 0 Å². The van der Waals surface area contributed by atoms with E-state index in [2.05, 4.69) is 273 Å². The van der Waals surface area contributed by atoms with Crippen LogP contribution in [0.1, 0.15) is 5.56 Å². The van der Waals surface area contributed by atoms with Gasteiger partial charge in [0.25, 0.3) is 0 Å². The van der Waals surface area contributed by atoms with E-state index in [-0.39, 0.29) is 0 Å². The zero-order chi connectivity index (χ0) is 47.4. The largest absolute Gasteiger partial charge is 0.307 e. The van der Waals surface area contributed by atoms with Crippen molar-refractivity contribution in [2.75, 3.05) is 0 Å². The van der Waals surface area contributed by atoms with Gasteiger partial charge in [-0.05, 0) is 59.7 Å². The highest BCUT2D eigenvalue weighted by Crippen LogP contribution is 2.53. The molecule has 0 bridgehead atoms. The molecule has 72 heavy (non-hydrogen) atoms. The first kappa shape index (κ1) is 40.0. The number of nitriles is 1. The quantitative estimate of drug-likeness (QED) is 0.164. The average molecular weight is 916 g/mol. The van der Waals surface area contributed by atoms with Crippen molar-refractivity contribution in [1.29, 1.82) is 5.26 Å². The second-order valence-corrected chi connectivity index (χ2v) is 18.7. The van der Waals surface area contributed by atoms with E-state index in [4.69, 9.17) is 0 Å². The van der Waals surface area contributed by atoms with Gasteiger partial charge in [-0.1, -0.05) is 200 Å². The van der Waals surface area contributed by atoms with E-state index in [9.17, 15) is 5.26 Å². The van der Waals surface area contributed by atoms with Crippen LogP contribution in [0.25, 0.3) is 132 Å². The van der Waals surface area contributed by atoms with Gasteiger partial charge in [0.2, 0.25) is 0 Å². The molecule has 0 aliphatic carbocycles. The molecule has 0 aliphatic rings. The summed E-state index contributed by atoms with van der Waals surface area (Å²) in [5, 5.41) is 21.6. The van der Waals surface area contributed by atoms with Crippen molar-refractivity contribution in [2.24, 2.45) is 0 Å². The zero-order valence-electron chi connectivity index (χ0n) is 38.9. The third-order valence-corrected chi connectivity index (χ3v) is 15.0. The van der Waals surface area contributed by atoms with Crippen molar-refractivity contribution in [3.8, 4) is 51.1 Å². The number of benzene rings is 11. The summed E-state index contributed by atoms with van der Waals surface area (Å²) in [6.45, 7) is 0. The van der Waals surface area contributed by atoms with Gasteiger partial charge in [-0.2, -0.15) is 5.26 Å². The minimum atomic E-state index is 0.568. The summed E-state index contributed by atoms with van der Waals surface area (Å²) in [5.41, 5.74) is 16.6. The normalized spacial score (nSPS) is 11.9. The van der Waals surface area contributed by atoms with Gasteiger partial charge in [0, 0.05) is 59.9 Å². The van der Waals surface area contributed by atoms with Gasteiger partial charge >= 0.3 is 0 Å². The highest BCUT2D eigenvalue weighted by molar-refractivity contribution is 6.25. The van der Waals surface area contributed by atoms with Crippen LogP contribution in [0.4, 0.5) is 0 Å². The van der Waals surface area contributed by atoms with Gasteiger partial charge in [0.15, 0.2) is 0 Å². The molecule has 0 fully saturated rings. The Morgan fingerprint density at radius 3 is 0.917 bits per heavy atom. The van der Waals surface area contributed by atoms with Gasteiger partial charge < -0.3 is 18.3 Å². The summed E-state index contributed by atoms with van der Waals surface area (Å²) in [7, 11) is 0. The van der Waals surface area contributed by atoms with E-state index in [0.717, 1.165) is 127 Å². The van der Waals surface area contributed by atoms with Crippen LogP contribution < -0.4 is 0 Å². The molecule has 0 spiro atoms. The minimum Gasteiger partial charge on any atom is -0.307 e. The van der Waals surface area contributed by atoms with Crippen LogP contribution in [0.5, 0.6) is 0 Å². The third-order valence-electron chi connectivity index (χ3n) is 15.0. The lowest BCUT2D eigenvalue weighted by atomic mass is 9.88. The van der Waals surface area contributed by atoms with E-state index in [1.54, 1.807) is 0 Å². The van der Waals surface area contributed by atoms with Gasteiger partial charge in [-0.3, -0.25) is 0 Å². The van der Waals surface area contributed by atoms with Gasteiger partial charge in [0.1, 0.15) is 11.6 Å². The Hall–Kier alpha value is -9.89. The zero-order valence-corrected chi connectivity index (χ0v) is 38.9. The van der Waals surface area contributed by atoms with Crippen molar-refractivity contribution >= 4 is 87.2 Å². The second kappa shape index (κ2) is 15.6. The summed E-state index contributed by atoms with van der Waals surface area (Å²) < 4.78 is 9.78. The Morgan fingerprint density at radius 1 is 0.250 bits per heavy atom. The lowest BCUT2D eigenvalue weighted by Gasteiger charge is -2.28. The number of para-hydroxylation sites is 7. The smallest absolute Gasteiger partial charge is 0.104 e. The Morgan fingerprint density at radius 2 is 0.542 bits per heavy atom. The summed E-state index contributed by atoms with van der Waals surface area (Å²) in [5.74, 6) is 0. The Bertz CT molecular complexity index is 4450. The molecule has 0 N–H and O–H groups in total. The molecule has 5 nitrogen and oxygen atoms in total. The standard InChI is InChI=1S/C67H41N5/c68-42-54-63(70-56-35-17-10-28-46(56)47-29-11-18-36-57(47)70)61(43-22-4-1-5-23-43)67(62(44-24-6-2-7-25-44)64(54)71-58-37-19-12-30-48(58)49-31-13-20-38-59(49)71)72-60-39-21-15-33-51(60)53-41-40-52-50-32-14-16-34-55(50)69(65(52)66(53)72)45-26-8-3-9-27-45/h1-41H. The Kier molecular flexibility index (Phi) is 8.66. The van der Waals surface area contributed by atoms with Crippen molar-refractivity contribution in [1.82, 2.24) is 18.3 Å². The maximum atomic E-state index is 12.5. The monoisotopic (exact) mass is 915 g/mol. The van der Waals surface area contributed by atoms with Crippen LogP contribution in [0.15, 0.2) is 249 Å². The third kappa shape index (κ3) is 5.52. The number of fused-ring (bicyclic) bond motifs is 13. The van der Waals surface area contributed by atoms with Crippen molar-refractivity contribution < 1.29 is 0 Å². The molecule has 15 aromatic rings. The molecular weight excluding hydrogens is 875 g/mol. The molecule has 0 aliphatic heterocycles. The number of hydrogen-bond acceptors (Lipinski definition) is 1. The molecule has 4 heterocycles.